The third-order valence-corrected chi connectivity index (χ3v) is 4.18. The Morgan fingerprint density at radius 2 is 1.79 bits per heavy atom. The van der Waals surface area contributed by atoms with E-state index in [1.807, 2.05) is 54.8 Å². The van der Waals surface area contributed by atoms with E-state index in [-0.39, 0.29) is 11.7 Å². The molecule has 3 rings (SSSR count). The summed E-state index contributed by atoms with van der Waals surface area (Å²) in [4.78, 5) is 12.5. The largest absolute Gasteiger partial charge is 0.435 e. The monoisotopic (exact) mass is 383 g/mol. The van der Waals surface area contributed by atoms with Crippen molar-refractivity contribution in [3.63, 3.8) is 0 Å². The number of aryl methyl sites for hydroxylation is 1. The Morgan fingerprint density at radius 3 is 2.43 bits per heavy atom. The smallest absolute Gasteiger partial charge is 0.387 e. The molecule has 1 aromatic heterocycles. The summed E-state index contributed by atoms with van der Waals surface area (Å²) in [6.07, 6.45) is 1.43. The van der Waals surface area contributed by atoms with Crippen LogP contribution < -0.4 is 10.2 Å². The van der Waals surface area contributed by atoms with Crippen molar-refractivity contribution in [1.29, 1.82) is 0 Å². The number of rotatable bonds is 6. The molecule has 28 heavy (non-hydrogen) atoms. The molecule has 5 nitrogen and oxygen atoms in total. The molecule has 0 aliphatic rings. The number of halogens is 2. The first kappa shape index (κ1) is 19.3. The number of hydrogen-bond donors (Lipinski definition) is 1. The molecule has 0 aliphatic heterocycles. The molecular weight excluding hydrogens is 364 g/mol. The molecule has 0 bridgehead atoms. The number of amides is 1. The van der Waals surface area contributed by atoms with E-state index < -0.39 is 6.61 Å². The molecule has 0 atom stereocenters. The lowest BCUT2D eigenvalue weighted by molar-refractivity contribution is -0.0498. The van der Waals surface area contributed by atoms with Crippen LogP contribution in [0.4, 0.5) is 8.78 Å². The lowest BCUT2D eigenvalue weighted by Gasteiger charge is -2.09. The van der Waals surface area contributed by atoms with Crippen LogP contribution in [0.2, 0.25) is 0 Å². The summed E-state index contributed by atoms with van der Waals surface area (Å²) in [5.74, 6) is -0.270. The molecule has 0 fully saturated rings. The van der Waals surface area contributed by atoms with E-state index in [1.54, 1.807) is 12.1 Å². The Kier molecular flexibility index (Phi) is 5.84. The Hall–Kier alpha value is -3.48. The first-order chi connectivity index (χ1) is 13.5. The maximum absolute atomic E-state index is 12.5. The van der Waals surface area contributed by atoms with Gasteiger partial charge in [-0.15, -0.1) is 0 Å². The average Bonchev–Trinajstić information content (AvgIpc) is 2.97. The first-order valence-electron chi connectivity index (χ1n) is 8.58. The zero-order valence-corrected chi connectivity index (χ0v) is 15.4. The van der Waals surface area contributed by atoms with Crippen molar-refractivity contribution >= 4 is 12.1 Å². The number of carbonyl (C=O) groups is 1. The van der Waals surface area contributed by atoms with E-state index in [9.17, 15) is 13.6 Å². The van der Waals surface area contributed by atoms with Gasteiger partial charge in [-0.2, -0.15) is 13.9 Å². The van der Waals surface area contributed by atoms with Crippen molar-refractivity contribution in [1.82, 2.24) is 9.99 Å². The molecule has 1 heterocycles. The van der Waals surface area contributed by atoms with Gasteiger partial charge < -0.3 is 9.30 Å². The van der Waals surface area contributed by atoms with Crippen LogP contribution in [0.1, 0.15) is 27.3 Å². The van der Waals surface area contributed by atoms with Gasteiger partial charge in [-0.05, 0) is 61.9 Å². The summed E-state index contributed by atoms with van der Waals surface area (Å²) < 4.78 is 30.6. The van der Waals surface area contributed by atoms with E-state index in [2.05, 4.69) is 15.3 Å². The highest BCUT2D eigenvalue weighted by Crippen LogP contribution is 2.20. The topological polar surface area (TPSA) is 55.6 Å². The maximum Gasteiger partial charge on any atom is 0.387 e. The van der Waals surface area contributed by atoms with Crippen LogP contribution in [0.5, 0.6) is 5.75 Å². The number of aromatic nitrogens is 1. The number of hydrogen-bond acceptors (Lipinski definition) is 3. The predicted molar refractivity (Wildman–Crippen MR) is 103 cm³/mol. The Bertz CT molecular complexity index is 981. The molecule has 0 saturated carbocycles. The second-order valence-corrected chi connectivity index (χ2v) is 6.10. The lowest BCUT2D eigenvalue weighted by Crippen LogP contribution is -2.18. The van der Waals surface area contributed by atoms with Crippen LogP contribution in [-0.4, -0.2) is 23.3 Å². The van der Waals surface area contributed by atoms with Gasteiger partial charge in [-0.25, -0.2) is 5.43 Å². The molecule has 2 aromatic carbocycles. The van der Waals surface area contributed by atoms with E-state index >= 15 is 0 Å². The normalized spacial score (nSPS) is 11.2. The minimum Gasteiger partial charge on any atom is -0.435 e. The van der Waals surface area contributed by atoms with Gasteiger partial charge in [0.1, 0.15) is 5.75 Å². The summed E-state index contributed by atoms with van der Waals surface area (Å²) in [5, 5.41) is 3.94. The molecule has 0 unspecified atom stereocenters. The summed E-state index contributed by atoms with van der Waals surface area (Å²) in [6, 6.07) is 17.5. The van der Waals surface area contributed by atoms with Gasteiger partial charge in [-0.1, -0.05) is 18.2 Å². The molecule has 7 heteroatoms. The average molecular weight is 383 g/mol. The number of benzene rings is 2. The number of nitrogens with one attached hydrogen (secondary N) is 1. The fraction of sp³-hybridized carbons (Fsp3) is 0.143. The summed E-state index contributed by atoms with van der Waals surface area (Å²) in [5.41, 5.74) is 6.38. The second kappa shape index (κ2) is 8.47. The van der Waals surface area contributed by atoms with Gasteiger partial charge in [0.25, 0.3) is 5.91 Å². The number of alkyl halides is 2. The lowest BCUT2D eigenvalue weighted by atomic mass is 10.2. The van der Waals surface area contributed by atoms with E-state index in [0.717, 1.165) is 17.1 Å². The highest BCUT2D eigenvalue weighted by atomic mass is 19.3. The predicted octanol–water partition coefficient (Wildman–Crippen LogP) is 4.46. The fourth-order valence-corrected chi connectivity index (χ4v) is 2.93. The van der Waals surface area contributed by atoms with Gasteiger partial charge in [0, 0.05) is 17.1 Å². The Balaban J connectivity index is 1.69. The van der Waals surface area contributed by atoms with Crippen LogP contribution >= 0.6 is 0 Å². The summed E-state index contributed by atoms with van der Waals surface area (Å²) >= 11 is 0. The molecule has 1 N–H and O–H groups in total. The molecule has 0 saturated heterocycles. The zero-order chi connectivity index (χ0) is 20.1. The summed E-state index contributed by atoms with van der Waals surface area (Å²) in [7, 11) is 0. The molecule has 1 amide bonds. The Labute approximate surface area is 161 Å². The first-order valence-corrected chi connectivity index (χ1v) is 8.58. The number of nitrogens with zero attached hydrogens (tertiary/aromatic N) is 2. The van der Waals surface area contributed by atoms with Gasteiger partial charge in [-0.3, -0.25) is 4.79 Å². The standard InChI is InChI=1S/C21H19F2N3O2/c1-14-12-19(15(2)26(14)17-6-4-3-5-7-17)20(27)25-24-13-16-8-10-18(11-9-16)28-21(22)23/h3-13,21H,1-2H3,(H,25,27)/b24-13+. The van der Waals surface area contributed by atoms with Gasteiger partial charge in [0.2, 0.25) is 0 Å². The highest BCUT2D eigenvalue weighted by molar-refractivity contribution is 5.96. The van der Waals surface area contributed by atoms with E-state index in [4.69, 9.17) is 0 Å². The SMILES string of the molecule is Cc1cc(C(=O)N/N=C/c2ccc(OC(F)F)cc2)c(C)n1-c1ccccc1. The maximum atomic E-state index is 12.5. The van der Waals surface area contributed by atoms with Gasteiger partial charge in [0.15, 0.2) is 0 Å². The second-order valence-electron chi connectivity index (χ2n) is 6.10. The van der Waals surface area contributed by atoms with Gasteiger partial charge >= 0.3 is 6.61 Å². The number of ether oxygens (including phenoxy) is 1. The van der Waals surface area contributed by atoms with Crippen molar-refractivity contribution in [2.75, 3.05) is 0 Å². The fourth-order valence-electron chi connectivity index (χ4n) is 2.93. The van der Waals surface area contributed by atoms with E-state index in [0.29, 0.717) is 11.1 Å². The number of para-hydroxylation sites is 1. The van der Waals surface area contributed by atoms with Crippen LogP contribution in [-0.2, 0) is 0 Å². The molecule has 0 aliphatic carbocycles. The zero-order valence-electron chi connectivity index (χ0n) is 15.4. The minimum absolute atomic E-state index is 0.0598. The van der Waals surface area contributed by atoms with Crippen molar-refractivity contribution < 1.29 is 18.3 Å². The van der Waals surface area contributed by atoms with Crippen LogP contribution in [0.25, 0.3) is 5.69 Å². The highest BCUT2D eigenvalue weighted by Gasteiger charge is 2.16. The van der Waals surface area contributed by atoms with E-state index in [1.165, 1.54) is 18.3 Å². The minimum atomic E-state index is -2.87. The molecule has 0 radical (unpaired) electrons. The van der Waals surface area contributed by atoms with Crippen molar-refractivity contribution in [3.8, 4) is 11.4 Å². The van der Waals surface area contributed by atoms with Crippen LogP contribution in [0, 0.1) is 13.8 Å². The molecule has 0 spiro atoms. The van der Waals surface area contributed by atoms with Crippen molar-refractivity contribution in [2.24, 2.45) is 5.10 Å². The number of hydrazone groups is 1. The van der Waals surface area contributed by atoms with Crippen molar-refractivity contribution in [3.05, 3.63) is 83.2 Å². The quantitative estimate of drug-likeness (QED) is 0.505. The Morgan fingerprint density at radius 1 is 1.11 bits per heavy atom. The summed E-state index contributed by atoms with van der Waals surface area (Å²) in [6.45, 7) is 0.942. The molecule has 3 aromatic rings. The van der Waals surface area contributed by atoms with Crippen LogP contribution in [0.3, 0.4) is 0 Å². The number of carbonyl (C=O) groups excluding carboxylic acids is 1. The molecular formula is C21H19F2N3O2. The van der Waals surface area contributed by atoms with Crippen LogP contribution in [0.15, 0.2) is 65.8 Å². The third kappa shape index (κ3) is 4.43. The van der Waals surface area contributed by atoms with Crippen molar-refractivity contribution in [2.45, 2.75) is 20.5 Å². The molecule has 144 valence electrons. The third-order valence-electron chi connectivity index (χ3n) is 4.18. The van der Waals surface area contributed by atoms with Gasteiger partial charge in [0.05, 0.1) is 11.8 Å².